The number of carbonyl (C=O) groups is 5. The van der Waals surface area contributed by atoms with Gasteiger partial charge < -0.3 is 128 Å². The van der Waals surface area contributed by atoms with E-state index in [0.717, 1.165) is 50.4 Å². The highest BCUT2D eigenvalue weighted by Gasteiger charge is 2.79. The summed E-state index contributed by atoms with van der Waals surface area (Å²) in [5.74, 6) is -3.10. The predicted octanol–water partition coefficient (Wildman–Crippen LogP) is 5.79. The number of hydrogen-bond acceptors (Lipinski definition) is 37. The first kappa shape index (κ1) is 114. The number of fused-ring (bicyclic) bond motifs is 7. The number of nitrogens with two attached hydrogens (primary N) is 1. The second-order valence-electron chi connectivity index (χ2n) is 39.6. The molecule has 12 N–H and O–H groups in total. The minimum atomic E-state index is -2.34. The summed E-state index contributed by atoms with van der Waals surface area (Å²) in [6.07, 6.45) is 12.8. The van der Waals surface area contributed by atoms with E-state index in [2.05, 4.69) is 127 Å². The molecule has 5 aromatic heterocycles. The van der Waals surface area contributed by atoms with Crippen molar-refractivity contribution in [1.82, 2.24) is 75.6 Å². The van der Waals surface area contributed by atoms with Crippen molar-refractivity contribution in [3.8, 4) is 5.75 Å². The molecule has 11 atom stereocenters. The lowest BCUT2D eigenvalue weighted by atomic mass is 9.47. The first-order chi connectivity index (χ1) is 71.5. The number of carboxylic acid groups (broad SMARTS) is 1. The number of ether oxygens (including phenoxy) is 14. The molecule has 10 heterocycles. The van der Waals surface area contributed by atoms with Crippen molar-refractivity contribution in [2.75, 3.05) is 234 Å². The number of rotatable bonds is 64. The standard InChI is InChI=1S/C102H148N18O25SSi2/c1-10-98(129)58-70-59-101(95(128)132-5,86-77(24-30-118(64-70)68-98)76-16-12-13-17-80(76)111-86)79-56-78-82(57-83(79)131-4)117(3)92-100(78)26-31-119-29-14-25-99(11-2,91(100)119)93(126)102(92,130)94(127)105-27-15-55-147(6,7)145-148(8,9)69-146-97-108-60-71(61-109-97)66-143-53-51-141-49-47-139-45-44-138-42-40-136-38-36-134-34-32-120-65-75(115-116-120)67-144-54-52-142-50-48-140-46-43-137-41-39-135-37-35-133-33-28-104-84(121)23-22-81(90(124)125)112-88(122)72-18-20-73(21-19-72)106-62-74-63-107-87-85(110-74)89(123)114-96(103)113-87/h12-14,16-21,25,56-57,60-61,63,65,70,81,91-93,106,111,126,129-130H,10-11,15,22-24,26-55,58-59,62,64,66-69H2,1-9H3,(H,104,121)(H,105,127)(H,112,122)(H,124,125)(H3,103,107,113,114,123)/t70-,81+,91+,92-,93-,98+,99-,100-,101+,102+/m1/s1. The Morgan fingerprint density at radius 3 is 1.96 bits per heavy atom. The molecule has 1 unspecified atom stereocenters. The number of carboxylic acids is 1. The Morgan fingerprint density at radius 1 is 0.689 bits per heavy atom. The molecule has 3 amide bonds. The molecular formula is C102H148N18O25SSi2. The Bertz CT molecular complexity index is 5760. The van der Waals surface area contributed by atoms with Gasteiger partial charge in [0.15, 0.2) is 38.6 Å². The first-order valence-corrected chi connectivity index (χ1v) is 58.5. The zero-order valence-electron chi connectivity index (χ0n) is 86.5. The van der Waals surface area contributed by atoms with Crippen LogP contribution >= 0.6 is 11.8 Å². The predicted molar refractivity (Wildman–Crippen MR) is 555 cm³/mol. The van der Waals surface area contributed by atoms with Crippen LogP contribution < -0.4 is 42.2 Å². The van der Waals surface area contributed by atoms with Crippen molar-refractivity contribution in [2.24, 2.45) is 11.3 Å². The summed E-state index contributed by atoms with van der Waals surface area (Å²) < 4.78 is 89.1. The second kappa shape index (κ2) is 53.8. The molecule has 1 saturated carbocycles. The van der Waals surface area contributed by atoms with Gasteiger partial charge in [-0.25, -0.2) is 29.4 Å². The van der Waals surface area contributed by atoms with Gasteiger partial charge in [0, 0.05) is 138 Å². The van der Waals surface area contributed by atoms with Crippen LogP contribution in [-0.2, 0) is 128 Å². The molecule has 6 aliphatic rings. The molecule has 46 heteroatoms. The van der Waals surface area contributed by atoms with Crippen LogP contribution in [0.3, 0.4) is 0 Å². The number of aliphatic hydroxyl groups excluding tert-OH is 1. The van der Waals surface area contributed by atoms with Gasteiger partial charge in [0.2, 0.25) is 11.9 Å². The van der Waals surface area contributed by atoms with Crippen molar-refractivity contribution in [3.63, 3.8) is 0 Å². The van der Waals surface area contributed by atoms with E-state index in [9.17, 15) is 39.6 Å². The summed E-state index contributed by atoms with van der Waals surface area (Å²) in [6.45, 7) is 26.5. The molecule has 1 aliphatic carbocycles. The lowest BCUT2D eigenvalue weighted by Gasteiger charge is -2.63. The number of anilines is 3. The monoisotopic (exact) mass is 2110 g/mol. The molecule has 0 radical (unpaired) electrons. The molecule has 14 rings (SSSR count). The fourth-order valence-corrected chi connectivity index (χ4v) is 32.1. The molecule has 1 spiro atoms. The van der Waals surface area contributed by atoms with E-state index in [1.165, 1.54) is 25.4 Å². The van der Waals surface area contributed by atoms with Crippen LogP contribution in [0.25, 0.3) is 22.1 Å². The normalized spacial score (nSPS) is 22.2. The van der Waals surface area contributed by atoms with E-state index in [1.807, 2.05) is 56.3 Å². The SMILES string of the molecule is CC[C@]1(O)C[C@H]2CN(CCc3c([nH]c4ccccc34)[C@@](C(=O)OC)(c3cc4c(cc3OC)N(C)[C@H]3[C@@](O)(C(=O)NCCC[Si](C)(C)O[Si](C)(C)CSc5ncc(COCCOCCOCCOCCOCCOCCn6cc(COCCOCCOCCOCCOCCOCCNC(=O)CC[C@H](NC(=O)c7ccc(NCc8cnc9nc(N)[nH]c(=O)c9n8)cc7)C(=O)O)nn6)cn5)[C@H](O)[C@]5(CC)C=CCN6CC[C@]43[C@@H]65)C2)C1. The van der Waals surface area contributed by atoms with Crippen LogP contribution in [0.5, 0.6) is 5.75 Å². The third-order valence-electron chi connectivity index (χ3n) is 28.5. The van der Waals surface area contributed by atoms with Crippen molar-refractivity contribution in [1.29, 1.82) is 0 Å². The minimum Gasteiger partial charge on any atom is -0.496 e. The van der Waals surface area contributed by atoms with E-state index in [-0.39, 0.29) is 73.7 Å². The zero-order chi connectivity index (χ0) is 105. The third kappa shape index (κ3) is 28.5. The summed E-state index contributed by atoms with van der Waals surface area (Å²) >= 11 is 1.58. The van der Waals surface area contributed by atoms with Gasteiger partial charge in [-0.1, -0.05) is 61.2 Å². The molecule has 3 aromatic carbocycles. The van der Waals surface area contributed by atoms with Crippen LogP contribution in [0.1, 0.15) is 115 Å². The summed E-state index contributed by atoms with van der Waals surface area (Å²) in [6, 6.07) is 16.8. The number of methoxy groups -OCH3 is 2. The van der Waals surface area contributed by atoms with Gasteiger partial charge in [-0.15, -0.1) is 5.10 Å². The number of esters is 1. The van der Waals surface area contributed by atoms with Crippen LogP contribution in [-0.4, -0.2) is 380 Å². The van der Waals surface area contributed by atoms with Crippen molar-refractivity contribution in [3.05, 3.63) is 153 Å². The average molecular weight is 2110 g/mol. The van der Waals surface area contributed by atoms with Gasteiger partial charge >= 0.3 is 11.9 Å². The second-order valence-corrected chi connectivity index (χ2v) is 49.8. The topological polar surface area (TPSA) is 532 Å². The third-order valence-corrected chi connectivity index (χ3v) is 38.3. The number of benzene rings is 3. The molecule has 810 valence electrons. The Balaban J connectivity index is 0.388. The summed E-state index contributed by atoms with van der Waals surface area (Å²) in [5, 5.41) is 71.3. The van der Waals surface area contributed by atoms with E-state index < -0.39 is 97.5 Å². The molecule has 2 saturated heterocycles. The Labute approximate surface area is 868 Å². The lowest BCUT2D eigenvalue weighted by molar-refractivity contribution is -0.203. The number of aromatic amines is 2. The maximum Gasteiger partial charge on any atom is 0.326 e. The highest BCUT2D eigenvalue weighted by Crippen LogP contribution is 2.68. The van der Waals surface area contributed by atoms with E-state index >= 15 is 9.59 Å². The van der Waals surface area contributed by atoms with E-state index in [0.29, 0.717) is 270 Å². The number of nitrogens with one attached hydrogen (secondary N) is 6. The molecule has 5 aliphatic heterocycles. The largest absolute Gasteiger partial charge is 0.496 e. The lowest BCUT2D eigenvalue weighted by Crippen LogP contribution is -2.81. The molecule has 3 fully saturated rings. The first-order valence-electron chi connectivity index (χ1n) is 51.3. The van der Waals surface area contributed by atoms with E-state index in [1.54, 1.807) is 48.1 Å². The molecule has 8 aromatic rings. The average Bonchev–Trinajstić information content (AvgIpc) is 1.47. The number of nitrogens with zero attached hydrogens (tertiary/aromatic N) is 11. The Morgan fingerprint density at radius 2 is 1.32 bits per heavy atom. The highest BCUT2D eigenvalue weighted by atomic mass is 32.2. The van der Waals surface area contributed by atoms with Crippen molar-refractivity contribution in [2.45, 2.75) is 182 Å². The number of para-hydroxylation sites is 1. The molecule has 148 heavy (non-hydrogen) atoms. The number of carbonyl (C=O) groups excluding carboxylic acids is 4. The van der Waals surface area contributed by atoms with E-state index in [4.69, 9.17) is 76.2 Å². The maximum absolute atomic E-state index is 15.7. The minimum absolute atomic E-state index is 0.0444. The zero-order valence-corrected chi connectivity index (χ0v) is 89.3. The molecule has 43 nitrogen and oxygen atoms in total. The van der Waals surface area contributed by atoms with Crippen molar-refractivity contribution >= 4 is 97.4 Å². The molecule has 2 bridgehead atoms. The number of aromatic nitrogens is 10. The van der Waals surface area contributed by atoms with Crippen LogP contribution in [0.2, 0.25) is 32.2 Å². The number of aliphatic hydroxyl groups is 3. The maximum atomic E-state index is 15.7. The number of amides is 3. The number of nitrogen functional groups attached to an aromatic ring is 1. The smallest absolute Gasteiger partial charge is 0.326 e. The number of piperidine rings is 1. The fraction of sp³-hybridized carbons (Fsp3) is 0.618. The quantitative estimate of drug-likeness (QED) is 0.00536. The van der Waals surface area contributed by atoms with Gasteiger partial charge in [0.1, 0.15) is 29.0 Å². The number of thioether (sulfide) groups is 1. The van der Waals surface area contributed by atoms with Gasteiger partial charge in [-0.3, -0.25) is 38.8 Å². The van der Waals surface area contributed by atoms with Crippen LogP contribution in [0.4, 0.5) is 17.3 Å². The Hall–Kier alpha value is -10.0. The van der Waals surface area contributed by atoms with Crippen molar-refractivity contribution < 1.29 is 115 Å². The summed E-state index contributed by atoms with van der Waals surface area (Å²) in [4.78, 5) is 115. The van der Waals surface area contributed by atoms with Gasteiger partial charge in [0.05, 0.1) is 216 Å². The van der Waals surface area contributed by atoms with Crippen LogP contribution in [0.15, 0.2) is 108 Å². The van der Waals surface area contributed by atoms with Gasteiger partial charge in [0.25, 0.3) is 17.4 Å². The van der Waals surface area contributed by atoms with Gasteiger partial charge in [-0.05, 0) is 144 Å². The van der Waals surface area contributed by atoms with Gasteiger partial charge in [-0.2, -0.15) is 4.98 Å². The number of likely N-dealkylation sites (N-methyl/N-ethyl adjacent to an activating group) is 1. The summed E-state index contributed by atoms with van der Waals surface area (Å²) in [7, 11) is 0.364. The number of hydrogen-bond donors (Lipinski definition) is 11. The summed E-state index contributed by atoms with van der Waals surface area (Å²) in [5.41, 5.74) is 6.27. The number of H-pyrrole nitrogens is 2. The fourth-order valence-electron chi connectivity index (χ4n) is 21.8. The molecular weight excluding hydrogens is 1970 g/mol. The Kier molecular flexibility index (Phi) is 41.3. The van der Waals surface area contributed by atoms with Crippen LogP contribution in [0, 0.1) is 11.3 Å². The number of aliphatic carboxylic acids is 1. The highest BCUT2D eigenvalue weighted by molar-refractivity contribution is 8.00.